The summed E-state index contributed by atoms with van der Waals surface area (Å²) in [6.07, 6.45) is 0.968. The van der Waals surface area contributed by atoms with Crippen LogP contribution in [0.3, 0.4) is 0 Å². The topological polar surface area (TPSA) is 59.6 Å². The van der Waals surface area contributed by atoms with Gasteiger partial charge in [0.05, 0.1) is 25.3 Å². The lowest BCUT2D eigenvalue weighted by molar-refractivity contribution is -0.114. The summed E-state index contributed by atoms with van der Waals surface area (Å²) < 4.78 is 10.6. The minimum atomic E-state index is -0.164. The molecule has 0 saturated heterocycles. The van der Waals surface area contributed by atoms with Crippen molar-refractivity contribution in [3.63, 3.8) is 0 Å². The monoisotopic (exact) mass is 348 g/mol. The minimum absolute atomic E-state index is 0.152. The molecule has 128 valence electrons. The Balaban J connectivity index is 1.83. The molecule has 1 amide bonds. The molecular weight excluding hydrogens is 328 g/mol. The van der Waals surface area contributed by atoms with Crippen LogP contribution in [0.2, 0.25) is 5.02 Å². The number of nitrogens with one attached hydrogen (secondary N) is 2. The molecule has 0 aliphatic carbocycles. The van der Waals surface area contributed by atoms with Crippen molar-refractivity contribution in [1.82, 2.24) is 0 Å². The quantitative estimate of drug-likeness (QED) is 0.751. The summed E-state index contributed by atoms with van der Waals surface area (Å²) in [7, 11) is 1.54. The maximum Gasteiger partial charge on any atom is 0.243 e. The average Bonchev–Trinajstić information content (AvgIpc) is 2.59. The van der Waals surface area contributed by atoms with Crippen LogP contribution in [0.25, 0.3) is 0 Å². The van der Waals surface area contributed by atoms with E-state index in [2.05, 4.69) is 17.6 Å². The van der Waals surface area contributed by atoms with Gasteiger partial charge < -0.3 is 20.1 Å². The zero-order chi connectivity index (χ0) is 17.4. The van der Waals surface area contributed by atoms with Crippen LogP contribution in [0.15, 0.2) is 42.5 Å². The van der Waals surface area contributed by atoms with E-state index in [0.29, 0.717) is 23.1 Å². The van der Waals surface area contributed by atoms with E-state index in [1.165, 1.54) is 0 Å². The van der Waals surface area contributed by atoms with E-state index >= 15 is 0 Å². The van der Waals surface area contributed by atoms with E-state index in [4.69, 9.17) is 21.1 Å². The number of hydrogen-bond donors (Lipinski definition) is 2. The number of halogens is 1. The van der Waals surface area contributed by atoms with E-state index in [9.17, 15) is 4.79 Å². The Labute approximate surface area is 146 Å². The van der Waals surface area contributed by atoms with Crippen molar-refractivity contribution in [2.75, 3.05) is 30.9 Å². The zero-order valence-electron chi connectivity index (χ0n) is 13.8. The van der Waals surface area contributed by atoms with E-state index in [-0.39, 0.29) is 12.5 Å². The van der Waals surface area contributed by atoms with Crippen LogP contribution in [0.5, 0.6) is 11.5 Å². The lowest BCUT2D eigenvalue weighted by atomic mass is 10.3. The lowest BCUT2D eigenvalue weighted by Crippen LogP contribution is -2.21. The van der Waals surface area contributed by atoms with Crippen molar-refractivity contribution >= 4 is 28.9 Å². The second-order valence-electron chi connectivity index (χ2n) is 5.12. The molecule has 0 radical (unpaired) electrons. The molecule has 6 heteroatoms. The second-order valence-corrected chi connectivity index (χ2v) is 5.53. The Morgan fingerprint density at radius 3 is 2.46 bits per heavy atom. The van der Waals surface area contributed by atoms with Gasteiger partial charge in [-0.2, -0.15) is 0 Å². The van der Waals surface area contributed by atoms with Crippen LogP contribution in [0, 0.1) is 0 Å². The highest BCUT2D eigenvalue weighted by Crippen LogP contribution is 2.27. The van der Waals surface area contributed by atoms with Crippen LogP contribution in [-0.2, 0) is 4.79 Å². The van der Waals surface area contributed by atoms with Crippen LogP contribution < -0.4 is 20.1 Å². The number of amides is 1. The Hall–Kier alpha value is -2.40. The molecule has 2 rings (SSSR count). The van der Waals surface area contributed by atoms with Crippen LogP contribution in [0.4, 0.5) is 11.4 Å². The molecule has 0 atom stereocenters. The second kappa shape index (κ2) is 9.03. The van der Waals surface area contributed by atoms with Gasteiger partial charge >= 0.3 is 0 Å². The van der Waals surface area contributed by atoms with Gasteiger partial charge in [-0.25, -0.2) is 0 Å². The fraction of sp³-hybridized carbons (Fsp3) is 0.278. The number of methoxy groups -OCH3 is 1. The molecule has 0 fully saturated rings. The van der Waals surface area contributed by atoms with Gasteiger partial charge in [0.2, 0.25) is 5.91 Å². The Morgan fingerprint density at radius 2 is 1.83 bits per heavy atom. The standard InChI is InChI=1S/C18H21ClN2O3/c1-3-10-24-15-7-4-13(5-8-15)20-12-18(22)21-14-6-9-17(23-2)16(19)11-14/h4-9,11,20H,3,10,12H2,1-2H3,(H,21,22). The summed E-state index contributed by atoms with van der Waals surface area (Å²) in [5.41, 5.74) is 1.47. The molecule has 24 heavy (non-hydrogen) atoms. The molecule has 0 saturated carbocycles. The molecule has 0 aliphatic heterocycles. The van der Waals surface area contributed by atoms with Gasteiger partial charge in [-0.1, -0.05) is 18.5 Å². The summed E-state index contributed by atoms with van der Waals surface area (Å²) >= 11 is 6.03. The maximum atomic E-state index is 12.0. The highest BCUT2D eigenvalue weighted by molar-refractivity contribution is 6.32. The zero-order valence-corrected chi connectivity index (χ0v) is 14.5. The molecule has 0 aliphatic rings. The van der Waals surface area contributed by atoms with Crippen molar-refractivity contribution in [2.45, 2.75) is 13.3 Å². The van der Waals surface area contributed by atoms with Crippen molar-refractivity contribution in [1.29, 1.82) is 0 Å². The molecular formula is C18H21ClN2O3. The van der Waals surface area contributed by atoms with Crippen LogP contribution in [-0.4, -0.2) is 26.2 Å². The maximum absolute atomic E-state index is 12.0. The molecule has 0 unspecified atom stereocenters. The Kier molecular flexibility index (Phi) is 6.75. The van der Waals surface area contributed by atoms with Gasteiger partial charge in [0.15, 0.2) is 0 Å². The first kappa shape index (κ1) is 17.9. The number of carbonyl (C=O) groups excluding carboxylic acids is 1. The van der Waals surface area contributed by atoms with E-state index < -0.39 is 0 Å². The smallest absolute Gasteiger partial charge is 0.243 e. The molecule has 0 spiro atoms. The first-order valence-electron chi connectivity index (χ1n) is 7.72. The summed E-state index contributed by atoms with van der Waals surface area (Å²) in [5.74, 6) is 1.22. The number of carbonyl (C=O) groups is 1. The number of benzene rings is 2. The minimum Gasteiger partial charge on any atom is -0.495 e. The predicted molar refractivity (Wildman–Crippen MR) is 97.4 cm³/mol. The van der Waals surface area contributed by atoms with E-state index in [1.54, 1.807) is 25.3 Å². The first-order chi connectivity index (χ1) is 11.6. The SMILES string of the molecule is CCCOc1ccc(NCC(=O)Nc2ccc(OC)c(Cl)c2)cc1. The average molecular weight is 349 g/mol. The van der Waals surface area contributed by atoms with Gasteiger partial charge in [-0.15, -0.1) is 0 Å². The van der Waals surface area contributed by atoms with Crippen LogP contribution in [0.1, 0.15) is 13.3 Å². The number of ether oxygens (including phenoxy) is 2. The lowest BCUT2D eigenvalue weighted by Gasteiger charge is -2.10. The van der Waals surface area contributed by atoms with Gasteiger partial charge in [-0.05, 0) is 48.9 Å². The van der Waals surface area contributed by atoms with Crippen molar-refractivity contribution < 1.29 is 14.3 Å². The van der Waals surface area contributed by atoms with E-state index in [0.717, 1.165) is 17.9 Å². The number of hydrogen-bond acceptors (Lipinski definition) is 4. The highest BCUT2D eigenvalue weighted by atomic mass is 35.5. The molecule has 2 N–H and O–H groups in total. The van der Waals surface area contributed by atoms with Gasteiger partial charge in [0, 0.05) is 11.4 Å². The number of anilines is 2. The normalized spacial score (nSPS) is 10.1. The first-order valence-corrected chi connectivity index (χ1v) is 8.10. The molecule has 2 aromatic carbocycles. The fourth-order valence-corrected chi connectivity index (χ4v) is 2.28. The summed E-state index contributed by atoms with van der Waals surface area (Å²) in [4.78, 5) is 12.0. The highest BCUT2D eigenvalue weighted by Gasteiger charge is 2.06. The van der Waals surface area contributed by atoms with E-state index in [1.807, 2.05) is 24.3 Å². The summed E-state index contributed by atoms with van der Waals surface area (Å²) in [6, 6.07) is 12.6. The van der Waals surface area contributed by atoms with Gasteiger partial charge in [0.1, 0.15) is 11.5 Å². The third-order valence-electron chi connectivity index (χ3n) is 3.22. The fourth-order valence-electron chi connectivity index (χ4n) is 2.02. The van der Waals surface area contributed by atoms with Crippen molar-refractivity contribution in [3.05, 3.63) is 47.5 Å². The van der Waals surface area contributed by atoms with Crippen molar-refractivity contribution in [2.24, 2.45) is 0 Å². The Bertz CT molecular complexity index is 674. The van der Waals surface area contributed by atoms with Gasteiger partial charge in [-0.3, -0.25) is 4.79 Å². The third kappa shape index (κ3) is 5.35. The molecule has 2 aromatic rings. The molecule has 0 aromatic heterocycles. The van der Waals surface area contributed by atoms with Gasteiger partial charge in [0.25, 0.3) is 0 Å². The predicted octanol–water partition coefficient (Wildman–Crippen LogP) is 4.19. The summed E-state index contributed by atoms with van der Waals surface area (Å²) in [6.45, 7) is 2.91. The van der Waals surface area contributed by atoms with Crippen LogP contribution >= 0.6 is 11.6 Å². The molecule has 0 bridgehead atoms. The number of rotatable bonds is 8. The molecule has 0 heterocycles. The molecule has 5 nitrogen and oxygen atoms in total. The largest absolute Gasteiger partial charge is 0.495 e. The summed E-state index contributed by atoms with van der Waals surface area (Å²) in [5, 5.41) is 6.29. The van der Waals surface area contributed by atoms with Crippen molar-refractivity contribution in [3.8, 4) is 11.5 Å². The Morgan fingerprint density at radius 1 is 1.12 bits per heavy atom. The third-order valence-corrected chi connectivity index (χ3v) is 3.51.